The number of hydrogen-bond acceptors (Lipinski definition) is 3. The van der Waals surface area contributed by atoms with Crippen LogP contribution in [0.25, 0.3) is 11.1 Å². The Morgan fingerprint density at radius 3 is 2.55 bits per heavy atom. The van der Waals surface area contributed by atoms with Crippen molar-refractivity contribution >= 4 is 11.9 Å². The Labute approximate surface area is 116 Å². The second kappa shape index (κ2) is 6.02. The molecule has 0 amide bonds. The van der Waals surface area contributed by atoms with Crippen LogP contribution in [0.15, 0.2) is 48.5 Å². The lowest BCUT2D eigenvalue weighted by atomic mass is 9.96. The molecule has 102 valence electrons. The Balaban J connectivity index is 2.46. The highest BCUT2D eigenvalue weighted by atomic mass is 16.5. The summed E-state index contributed by atoms with van der Waals surface area (Å²) < 4.78 is 4.69. The molecule has 4 nitrogen and oxygen atoms in total. The van der Waals surface area contributed by atoms with E-state index in [0.29, 0.717) is 11.1 Å². The number of benzene rings is 2. The van der Waals surface area contributed by atoms with E-state index < -0.39 is 11.9 Å². The summed E-state index contributed by atoms with van der Waals surface area (Å²) in [5.74, 6) is -1.30. The van der Waals surface area contributed by atoms with Crippen LogP contribution in [0.2, 0.25) is 0 Å². The van der Waals surface area contributed by atoms with Gasteiger partial charge in [-0.05, 0) is 28.8 Å². The maximum Gasteiger partial charge on any atom is 0.337 e. The first-order valence-corrected chi connectivity index (χ1v) is 6.10. The van der Waals surface area contributed by atoms with E-state index in [0.717, 1.165) is 11.1 Å². The predicted molar refractivity (Wildman–Crippen MR) is 74.6 cm³/mol. The lowest BCUT2D eigenvalue weighted by Crippen LogP contribution is -2.03. The summed E-state index contributed by atoms with van der Waals surface area (Å²) >= 11 is 0. The second-order valence-electron chi connectivity index (χ2n) is 4.30. The molecule has 0 aliphatic heterocycles. The topological polar surface area (TPSA) is 63.6 Å². The minimum absolute atomic E-state index is 0.0569. The van der Waals surface area contributed by atoms with Crippen molar-refractivity contribution < 1.29 is 19.4 Å². The first-order chi connectivity index (χ1) is 9.61. The van der Waals surface area contributed by atoms with Crippen LogP contribution in [-0.4, -0.2) is 24.2 Å². The Hall–Kier alpha value is -2.62. The van der Waals surface area contributed by atoms with E-state index in [-0.39, 0.29) is 6.42 Å². The minimum Gasteiger partial charge on any atom is -0.481 e. The Bertz CT molecular complexity index is 646. The Morgan fingerprint density at radius 1 is 1.10 bits per heavy atom. The maximum atomic E-state index is 11.5. The zero-order chi connectivity index (χ0) is 14.5. The van der Waals surface area contributed by atoms with Crippen molar-refractivity contribution in [1.29, 1.82) is 0 Å². The van der Waals surface area contributed by atoms with Crippen molar-refractivity contribution in [2.75, 3.05) is 7.11 Å². The molecule has 0 aromatic heterocycles. The van der Waals surface area contributed by atoms with Gasteiger partial charge in [-0.1, -0.05) is 36.4 Å². The van der Waals surface area contributed by atoms with Crippen LogP contribution in [0, 0.1) is 0 Å². The highest BCUT2D eigenvalue weighted by Gasteiger charge is 2.11. The summed E-state index contributed by atoms with van der Waals surface area (Å²) in [6.07, 6.45) is -0.0569. The van der Waals surface area contributed by atoms with Crippen molar-refractivity contribution in [3.05, 3.63) is 59.7 Å². The van der Waals surface area contributed by atoms with Crippen LogP contribution in [0.1, 0.15) is 15.9 Å². The van der Waals surface area contributed by atoms with E-state index in [1.807, 2.05) is 18.2 Å². The van der Waals surface area contributed by atoms with Gasteiger partial charge in [0.2, 0.25) is 0 Å². The van der Waals surface area contributed by atoms with Crippen LogP contribution < -0.4 is 0 Å². The normalized spacial score (nSPS) is 10.1. The molecule has 0 fully saturated rings. The Kier molecular flexibility index (Phi) is 4.15. The van der Waals surface area contributed by atoms with Crippen molar-refractivity contribution in [3.63, 3.8) is 0 Å². The van der Waals surface area contributed by atoms with Crippen LogP contribution in [-0.2, 0) is 16.0 Å². The molecule has 0 heterocycles. The van der Waals surface area contributed by atoms with E-state index in [2.05, 4.69) is 4.74 Å². The van der Waals surface area contributed by atoms with Gasteiger partial charge >= 0.3 is 11.9 Å². The second-order valence-corrected chi connectivity index (χ2v) is 4.30. The number of aliphatic carboxylic acids is 1. The Morgan fingerprint density at radius 2 is 1.85 bits per heavy atom. The molecule has 0 spiro atoms. The molecule has 2 aromatic carbocycles. The zero-order valence-corrected chi connectivity index (χ0v) is 11.0. The third kappa shape index (κ3) is 3.03. The number of hydrogen-bond donors (Lipinski definition) is 1. The van der Waals surface area contributed by atoms with Gasteiger partial charge in [0.15, 0.2) is 0 Å². The fraction of sp³-hybridized carbons (Fsp3) is 0.125. The molecule has 0 saturated carbocycles. The van der Waals surface area contributed by atoms with Gasteiger partial charge in [-0.3, -0.25) is 4.79 Å². The van der Waals surface area contributed by atoms with Gasteiger partial charge in [0.25, 0.3) is 0 Å². The van der Waals surface area contributed by atoms with E-state index in [9.17, 15) is 9.59 Å². The minimum atomic E-state index is -0.887. The van der Waals surface area contributed by atoms with E-state index in [1.165, 1.54) is 7.11 Å². The molecule has 0 saturated heterocycles. The number of carbonyl (C=O) groups is 2. The van der Waals surface area contributed by atoms with E-state index in [1.54, 1.807) is 30.3 Å². The zero-order valence-electron chi connectivity index (χ0n) is 11.0. The van der Waals surface area contributed by atoms with Gasteiger partial charge in [-0.15, -0.1) is 0 Å². The first kappa shape index (κ1) is 13.8. The molecule has 0 aliphatic carbocycles. The standard InChI is InChI=1S/C16H14O4/c1-20-16(19)13-7-4-6-11(9-13)14-8-3-2-5-12(14)10-15(17)18/h2-9H,10H2,1H3,(H,17,18). The molecule has 1 N–H and O–H groups in total. The van der Waals surface area contributed by atoms with Crippen molar-refractivity contribution in [2.24, 2.45) is 0 Å². The number of carboxylic acids is 1. The summed E-state index contributed by atoms with van der Waals surface area (Å²) in [5, 5.41) is 8.95. The van der Waals surface area contributed by atoms with Gasteiger partial charge in [0.1, 0.15) is 0 Å². The molecule has 2 aromatic rings. The van der Waals surface area contributed by atoms with E-state index >= 15 is 0 Å². The van der Waals surface area contributed by atoms with E-state index in [4.69, 9.17) is 5.11 Å². The lowest BCUT2D eigenvalue weighted by molar-refractivity contribution is -0.136. The number of rotatable bonds is 4. The molecular weight excluding hydrogens is 256 g/mol. The number of carboxylic acid groups (broad SMARTS) is 1. The molecule has 4 heteroatoms. The molecule has 0 bridgehead atoms. The molecule has 0 aliphatic rings. The van der Waals surface area contributed by atoms with Crippen molar-refractivity contribution in [1.82, 2.24) is 0 Å². The van der Waals surface area contributed by atoms with Gasteiger partial charge in [0, 0.05) is 0 Å². The fourth-order valence-electron chi connectivity index (χ4n) is 2.05. The highest BCUT2D eigenvalue weighted by molar-refractivity contribution is 5.91. The van der Waals surface area contributed by atoms with Gasteiger partial charge in [-0.25, -0.2) is 4.79 Å². The molecule has 0 unspecified atom stereocenters. The molecule has 2 rings (SSSR count). The number of esters is 1. The average Bonchev–Trinajstić information content (AvgIpc) is 2.46. The van der Waals surface area contributed by atoms with Crippen LogP contribution in [0.5, 0.6) is 0 Å². The molecule has 0 atom stereocenters. The summed E-state index contributed by atoms with van der Waals surface area (Å²) in [7, 11) is 1.33. The average molecular weight is 270 g/mol. The summed E-state index contributed by atoms with van der Waals surface area (Å²) in [4.78, 5) is 22.4. The third-order valence-corrected chi connectivity index (χ3v) is 2.95. The smallest absolute Gasteiger partial charge is 0.337 e. The fourth-order valence-corrected chi connectivity index (χ4v) is 2.05. The SMILES string of the molecule is COC(=O)c1cccc(-c2ccccc2CC(=O)O)c1. The number of carbonyl (C=O) groups excluding carboxylic acids is 1. The molecule has 0 radical (unpaired) electrons. The third-order valence-electron chi connectivity index (χ3n) is 2.95. The van der Waals surface area contributed by atoms with Gasteiger partial charge < -0.3 is 9.84 Å². The predicted octanol–water partition coefficient (Wildman–Crippen LogP) is 2.77. The van der Waals surface area contributed by atoms with Gasteiger partial charge in [0.05, 0.1) is 19.1 Å². The van der Waals surface area contributed by atoms with Crippen molar-refractivity contribution in [2.45, 2.75) is 6.42 Å². The van der Waals surface area contributed by atoms with Crippen molar-refractivity contribution in [3.8, 4) is 11.1 Å². The molecular formula is C16H14O4. The number of ether oxygens (including phenoxy) is 1. The lowest BCUT2D eigenvalue weighted by Gasteiger charge is -2.09. The van der Waals surface area contributed by atoms with Crippen LogP contribution >= 0.6 is 0 Å². The monoisotopic (exact) mass is 270 g/mol. The first-order valence-electron chi connectivity index (χ1n) is 6.10. The summed E-state index contributed by atoms with van der Waals surface area (Å²) in [6, 6.07) is 14.2. The quantitative estimate of drug-likeness (QED) is 0.868. The maximum absolute atomic E-state index is 11.5. The molecule has 20 heavy (non-hydrogen) atoms. The largest absolute Gasteiger partial charge is 0.481 e. The van der Waals surface area contributed by atoms with Crippen LogP contribution in [0.4, 0.5) is 0 Å². The summed E-state index contributed by atoms with van der Waals surface area (Å²) in [6.45, 7) is 0. The number of methoxy groups -OCH3 is 1. The van der Waals surface area contributed by atoms with Crippen LogP contribution in [0.3, 0.4) is 0 Å². The van der Waals surface area contributed by atoms with Gasteiger partial charge in [-0.2, -0.15) is 0 Å². The summed E-state index contributed by atoms with van der Waals surface area (Å²) in [5.41, 5.74) is 2.75. The highest BCUT2D eigenvalue weighted by Crippen LogP contribution is 2.25.